The third-order valence-electron chi connectivity index (χ3n) is 8.25. The van der Waals surface area contributed by atoms with Gasteiger partial charge in [0.2, 0.25) is 0 Å². The molecule has 3 aromatic carbocycles. The van der Waals surface area contributed by atoms with Gasteiger partial charge in [-0.2, -0.15) is 0 Å². The lowest BCUT2D eigenvalue weighted by Gasteiger charge is -2.43. The van der Waals surface area contributed by atoms with E-state index in [1.807, 2.05) is 112 Å². The molecule has 2 heterocycles. The Kier molecular flexibility index (Phi) is 8.78. The maximum atomic E-state index is 14.5. The molecule has 0 radical (unpaired) electrons. The molecule has 1 atom stereocenters. The van der Waals surface area contributed by atoms with Crippen molar-refractivity contribution in [1.82, 2.24) is 9.80 Å². The highest BCUT2D eigenvalue weighted by Crippen LogP contribution is 2.43. The van der Waals surface area contributed by atoms with Crippen LogP contribution in [0, 0.1) is 0 Å². The fourth-order valence-corrected chi connectivity index (χ4v) is 6.17. The van der Waals surface area contributed by atoms with Gasteiger partial charge < -0.3 is 19.4 Å². The number of rotatable bonds is 9. The largest absolute Gasteiger partial charge is 0.458 e. The Balaban J connectivity index is 1.35. The molecule has 5 rings (SSSR count). The summed E-state index contributed by atoms with van der Waals surface area (Å²) in [5.74, 6) is -0.298. The standard InChI is InChI=1S/C35H41N3O4/c1-34(2,3)42-32(40)31(28-16-9-5-10-17-28)37-26-38(29-18-11-6-12-19-29)35(33(37)41)21-24-36(25-22-35)23-13-20-30(39)27-14-7-4-8-15-27/h4-12,14-19,31H,13,20-26H2,1-3H3/t31-/m0/s1. The van der Waals surface area contributed by atoms with Crippen molar-refractivity contribution in [1.29, 1.82) is 0 Å². The van der Waals surface area contributed by atoms with E-state index in [-0.39, 0.29) is 11.7 Å². The van der Waals surface area contributed by atoms with Crippen LogP contribution in [0.5, 0.6) is 0 Å². The number of ether oxygens (including phenoxy) is 1. The summed E-state index contributed by atoms with van der Waals surface area (Å²) in [7, 11) is 0. The number of nitrogens with zero attached hydrogens (tertiary/aromatic N) is 3. The summed E-state index contributed by atoms with van der Waals surface area (Å²) in [5.41, 5.74) is 1.02. The highest BCUT2D eigenvalue weighted by atomic mass is 16.6. The number of benzene rings is 3. The van der Waals surface area contributed by atoms with Gasteiger partial charge in [-0.05, 0) is 64.3 Å². The molecule has 1 spiro atoms. The van der Waals surface area contributed by atoms with Crippen molar-refractivity contribution < 1.29 is 19.1 Å². The van der Waals surface area contributed by atoms with E-state index in [1.165, 1.54) is 0 Å². The first-order chi connectivity index (χ1) is 20.2. The summed E-state index contributed by atoms with van der Waals surface area (Å²) in [6.45, 7) is 8.13. The molecule has 2 saturated heterocycles. The van der Waals surface area contributed by atoms with E-state index in [0.29, 0.717) is 25.9 Å². The second kappa shape index (κ2) is 12.5. The average molecular weight is 568 g/mol. The zero-order chi connectivity index (χ0) is 29.7. The molecule has 0 unspecified atom stereocenters. The molecule has 0 bridgehead atoms. The van der Waals surface area contributed by atoms with E-state index in [2.05, 4.69) is 9.80 Å². The number of esters is 1. The van der Waals surface area contributed by atoms with Gasteiger partial charge in [0.05, 0.1) is 6.67 Å². The highest BCUT2D eigenvalue weighted by Gasteiger charge is 2.56. The van der Waals surface area contributed by atoms with Crippen LogP contribution < -0.4 is 4.90 Å². The Morgan fingerprint density at radius 2 is 1.43 bits per heavy atom. The topological polar surface area (TPSA) is 70.2 Å². The van der Waals surface area contributed by atoms with Crippen molar-refractivity contribution in [3.05, 3.63) is 102 Å². The second-order valence-corrected chi connectivity index (χ2v) is 12.3. The van der Waals surface area contributed by atoms with Crippen molar-refractivity contribution in [3.8, 4) is 0 Å². The monoisotopic (exact) mass is 567 g/mol. The number of piperidine rings is 1. The first-order valence-corrected chi connectivity index (χ1v) is 14.9. The fraction of sp³-hybridized carbons (Fsp3) is 0.400. The smallest absolute Gasteiger partial charge is 0.334 e. The number of hydrogen-bond acceptors (Lipinski definition) is 6. The summed E-state index contributed by atoms with van der Waals surface area (Å²) >= 11 is 0. The second-order valence-electron chi connectivity index (χ2n) is 12.3. The van der Waals surface area contributed by atoms with Crippen LogP contribution in [0.4, 0.5) is 5.69 Å². The number of anilines is 1. The lowest BCUT2D eigenvalue weighted by molar-refractivity contribution is -0.164. The minimum Gasteiger partial charge on any atom is -0.458 e. The van der Waals surface area contributed by atoms with Crippen LogP contribution in [0.3, 0.4) is 0 Å². The maximum Gasteiger partial charge on any atom is 0.334 e. The molecule has 0 aromatic heterocycles. The van der Waals surface area contributed by atoms with Crippen molar-refractivity contribution in [2.24, 2.45) is 0 Å². The maximum absolute atomic E-state index is 14.5. The molecule has 1 amide bonds. The Labute approximate surface area is 249 Å². The van der Waals surface area contributed by atoms with E-state index in [0.717, 1.165) is 42.9 Å². The van der Waals surface area contributed by atoms with Gasteiger partial charge in [-0.15, -0.1) is 0 Å². The predicted molar refractivity (Wildman–Crippen MR) is 164 cm³/mol. The molecule has 0 saturated carbocycles. The Morgan fingerprint density at radius 3 is 2.02 bits per heavy atom. The van der Waals surface area contributed by atoms with Gasteiger partial charge >= 0.3 is 5.97 Å². The quantitative estimate of drug-likeness (QED) is 0.238. The summed E-state index contributed by atoms with van der Waals surface area (Å²) < 4.78 is 5.86. The molecule has 2 fully saturated rings. The molecule has 7 heteroatoms. The van der Waals surface area contributed by atoms with Gasteiger partial charge in [0.15, 0.2) is 11.8 Å². The van der Waals surface area contributed by atoms with Crippen LogP contribution in [0.15, 0.2) is 91.0 Å². The number of ketones is 1. The van der Waals surface area contributed by atoms with Crippen molar-refractivity contribution in [2.75, 3.05) is 31.2 Å². The lowest BCUT2D eigenvalue weighted by Crippen LogP contribution is -2.56. The van der Waals surface area contributed by atoms with Gasteiger partial charge in [-0.3, -0.25) is 9.59 Å². The molecule has 2 aliphatic rings. The molecule has 7 nitrogen and oxygen atoms in total. The molecule has 42 heavy (non-hydrogen) atoms. The summed E-state index contributed by atoms with van der Waals surface area (Å²) in [4.78, 5) is 47.0. The number of Topliss-reactive ketones (excluding diaryl/α,β-unsaturated/α-hetero) is 1. The van der Waals surface area contributed by atoms with Crippen LogP contribution in [-0.2, 0) is 14.3 Å². The molecule has 3 aromatic rings. The summed E-state index contributed by atoms with van der Waals surface area (Å²) in [6, 6.07) is 28.0. The van der Waals surface area contributed by atoms with E-state index >= 15 is 0 Å². The molecule has 2 aliphatic heterocycles. The molecular formula is C35H41N3O4. The molecule has 0 N–H and O–H groups in total. The van der Waals surface area contributed by atoms with Gasteiger partial charge in [0.25, 0.3) is 5.91 Å². The molecule has 0 aliphatic carbocycles. The normalized spacial score (nSPS) is 17.8. The Morgan fingerprint density at radius 1 is 0.857 bits per heavy atom. The van der Waals surface area contributed by atoms with Crippen LogP contribution in [0.2, 0.25) is 0 Å². The van der Waals surface area contributed by atoms with Crippen molar-refractivity contribution in [2.45, 2.75) is 63.6 Å². The number of carbonyl (C=O) groups is 3. The SMILES string of the molecule is CC(C)(C)OC(=O)[C@H](c1ccccc1)N1CN(c2ccccc2)C2(CCN(CCCC(=O)c3ccccc3)CC2)C1=O. The van der Waals surface area contributed by atoms with Gasteiger partial charge in [-0.25, -0.2) is 4.79 Å². The highest BCUT2D eigenvalue weighted by molar-refractivity contribution is 5.97. The van der Waals surface area contributed by atoms with Crippen LogP contribution in [0.25, 0.3) is 0 Å². The zero-order valence-corrected chi connectivity index (χ0v) is 24.9. The lowest BCUT2D eigenvalue weighted by atomic mass is 9.85. The van der Waals surface area contributed by atoms with Crippen molar-refractivity contribution in [3.63, 3.8) is 0 Å². The Hall–Kier alpha value is -3.97. The first-order valence-electron chi connectivity index (χ1n) is 14.9. The number of hydrogen-bond donors (Lipinski definition) is 0. The van der Waals surface area contributed by atoms with Gasteiger partial charge in [0.1, 0.15) is 11.1 Å². The van der Waals surface area contributed by atoms with Gasteiger partial charge in [0, 0.05) is 30.8 Å². The number of carbonyl (C=O) groups excluding carboxylic acids is 3. The minimum atomic E-state index is -0.842. The van der Waals surface area contributed by atoms with Crippen LogP contribution in [-0.4, -0.2) is 64.9 Å². The number of likely N-dealkylation sites (tertiary alicyclic amines) is 1. The Bertz CT molecular complexity index is 1360. The number of amides is 1. The van der Waals surface area contributed by atoms with Gasteiger partial charge in [-0.1, -0.05) is 78.9 Å². The molecule has 220 valence electrons. The third-order valence-corrected chi connectivity index (χ3v) is 8.25. The summed E-state index contributed by atoms with van der Waals surface area (Å²) in [5, 5.41) is 0. The fourth-order valence-electron chi connectivity index (χ4n) is 6.17. The molecular weight excluding hydrogens is 526 g/mol. The van der Waals surface area contributed by atoms with E-state index in [9.17, 15) is 14.4 Å². The average Bonchev–Trinajstić information content (AvgIpc) is 3.25. The van der Waals surface area contributed by atoms with E-state index in [4.69, 9.17) is 4.74 Å². The zero-order valence-electron chi connectivity index (χ0n) is 24.9. The summed E-state index contributed by atoms with van der Waals surface area (Å²) in [6.07, 6.45) is 2.56. The minimum absolute atomic E-state index is 0.0371. The predicted octanol–water partition coefficient (Wildman–Crippen LogP) is 5.87. The number of para-hydroxylation sites is 1. The van der Waals surface area contributed by atoms with Crippen molar-refractivity contribution >= 4 is 23.3 Å². The van der Waals surface area contributed by atoms with Crippen LogP contribution >= 0.6 is 0 Å². The van der Waals surface area contributed by atoms with Crippen LogP contribution in [0.1, 0.15) is 68.4 Å². The van der Waals surface area contributed by atoms with E-state index < -0.39 is 23.2 Å². The first kappa shape index (κ1) is 29.5. The van der Waals surface area contributed by atoms with E-state index in [1.54, 1.807) is 4.90 Å². The third kappa shape index (κ3) is 6.41.